The summed E-state index contributed by atoms with van der Waals surface area (Å²) in [6, 6.07) is 0. The van der Waals surface area contributed by atoms with Crippen molar-refractivity contribution in [2.45, 2.75) is 70.8 Å². The summed E-state index contributed by atoms with van der Waals surface area (Å²) in [6.07, 6.45) is 24.4. The SMILES string of the molecule is CCCCC/C=C\C/C=C\C/C=C/C=C/C(O)CCCC(=O)OC. The van der Waals surface area contributed by atoms with Gasteiger partial charge in [-0.2, -0.15) is 0 Å². The molecule has 0 heterocycles. The maximum atomic E-state index is 10.9. The molecule has 0 aliphatic rings. The largest absolute Gasteiger partial charge is 0.469 e. The molecule has 0 aliphatic carbocycles. The lowest BCUT2D eigenvalue weighted by Gasteiger charge is -2.03. The predicted molar refractivity (Wildman–Crippen MR) is 102 cm³/mol. The van der Waals surface area contributed by atoms with Gasteiger partial charge in [0, 0.05) is 6.42 Å². The summed E-state index contributed by atoms with van der Waals surface area (Å²) in [7, 11) is 1.38. The number of allylic oxidation sites excluding steroid dienone is 7. The number of carbonyl (C=O) groups excluding carboxylic acids is 1. The Morgan fingerprint density at radius 3 is 2.42 bits per heavy atom. The van der Waals surface area contributed by atoms with E-state index in [0.29, 0.717) is 19.3 Å². The second-order valence-electron chi connectivity index (χ2n) is 5.76. The van der Waals surface area contributed by atoms with E-state index in [4.69, 9.17) is 0 Å². The van der Waals surface area contributed by atoms with E-state index >= 15 is 0 Å². The Morgan fingerprint density at radius 2 is 1.71 bits per heavy atom. The molecular formula is C21H34O3. The molecule has 0 bridgehead atoms. The standard InChI is InChI=1S/C21H34O3/c1-3-4-5-6-7-8-9-10-11-12-13-14-15-17-20(22)18-16-19-21(23)24-2/h7-8,10-11,13-15,17,20,22H,3-6,9,12,16,18-19H2,1-2H3/b8-7-,11-10-,14-13+,17-15+. The van der Waals surface area contributed by atoms with Crippen LogP contribution in [0.5, 0.6) is 0 Å². The highest BCUT2D eigenvalue weighted by atomic mass is 16.5. The Hall–Kier alpha value is -1.61. The van der Waals surface area contributed by atoms with E-state index in [1.54, 1.807) is 6.08 Å². The fourth-order valence-corrected chi connectivity index (χ4v) is 2.08. The molecule has 0 saturated carbocycles. The molecule has 3 heteroatoms. The van der Waals surface area contributed by atoms with E-state index in [1.165, 1.54) is 32.8 Å². The zero-order chi connectivity index (χ0) is 17.9. The lowest BCUT2D eigenvalue weighted by Crippen LogP contribution is -2.05. The average Bonchev–Trinajstić information content (AvgIpc) is 2.58. The van der Waals surface area contributed by atoms with Gasteiger partial charge in [-0.15, -0.1) is 0 Å². The Bertz CT molecular complexity index is 405. The quantitative estimate of drug-likeness (QED) is 0.203. The number of aliphatic hydroxyl groups is 1. The minimum Gasteiger partial charge on any atom is -0.469 e. The van der Waals surface area contributed by atoms with Gasteiger partial charge in [-0.1, -0.05) is 68.4 Å². The summed E-state index contributed by atoms with van der Waals surface area (Å²) in [5.74, 6) is -0.228. The number of carbonyl (C=O) groups is 1. The molecule has 1 unspecified atom stereocenters. The summed E-state index contributed by atoms with van der Waals surface area (Å²) < 4.78 is 4.55. The van der Waals surface area contributed by atoms with E-state index in [9.17, 15) is 9.90 Å². The van der Waals surface area contributed by atoms with Crippen LogP contribution in [0.15, 0.2) is 48.6 Å². The van der Waals surface area contributed by atoms with Crippen LogP contribution < -0.4 is 0 Å². The number of aliphatic hydroxyl groups excluding tert-OH is 1. The van der Waals surface area contributed by atoms with Crippen LogP contribution in [-0.4, -0.2) is 24.3 Å². The van der Waals surface area contributed by atoms with Crippen molar-refractivity contribution < 1.29 is 14.6 Å². The molecule has 0 aromatic heterocycles. The zero-order valence-corrected chi connectivity index (χ0v) is 15.3. The van der Waals surface area contributed by atoms with Crippen LogP contribution in [-0.2, 0) is 9.53 Å². The third-order valence-electron chi connectivity index (χ3n) is 3.54. The highest BCUT2D eigenvalue weighted by molar-refractivity contribution is 5.68. The molecule has 0 aromatic rings. The van der Waals surface area contributed by atoms with Gasteiger partial charge < -0.3 is 9.84 Å². The minimum absolute atomic E-state index is 0.228. The van der Waals surface area contributed by atoms with E-state index in [2.05, 4.69) is 42.0 Å². The molecule has 3 nitrogen and oxygen atoms in total. The van der Waals surface area contributed by atoms with Crippen LogP contribution in [0, 0.1) is 0 Å². The molecule has 1 N–H and O–H groups in total. The van der Waals surface area contributed by atoms with Crippen LogP contribution in [0.25, 0.3) is 0 Å². The van der Waals surface area contributed by atoms with Gasteiger partial charge in [0.05, 0.1) is 13.2 Å². The van der Waals surface area contributed by atoms with Gasteiger partial charge in [-0.05, 0) is 38.5 Å². The summed E-state index contributed by atoms with van der Waals surface area (Å²) >= 11 is 0. The van der Waals surface area contributed by atoms with Crippen molar-refractivity contribution in [3.8, 4) is 0 Å². The molecule has 1 atom stereocenters. The molecular weight excluding hydrogens is 300 g/mol. The fourth-order valence-electron chi connectivity index (χ4n) is 2.08. The number of hydrogen-bond donors (Lipinski definition) is 1. The van der Waals surface area contributed by atoms with Gasteiger partial charge in [-0.3, -0.25) is 4.79 Å². The summed E-state index contributed by atoms with van der Waals surface area (Å²) in [5.41, 5.74) is 0. The number of esters is 1. The average molecular weight is 335 g/mol. The van der Waals surface area contributed by atoms with Crippen molar-refractivity contribution in [1.82, 2.24) is 0 Å². The second-order valence-corrected chi connectivity index (χ2v) is 5.76. The minimum atomic E-state index is -0.507. The fraction of sp³-hybridized carbons (Fsp3) is 0.571. The first kappa shape index (κ1) is 22.4. The van der Waals surface area contributed by atoms with Crippen molar-refractivity contribution in [3.63, 3.8) is 0 Å². The smallest absolute Gasteiger partial charge is 0.305 e. The van der Waals surface area contributed by atoms with Gasteiger partial charge >= 0.3 is 5.97 Å². The molecule has 0 spiro atoms. The van der Waals surface area contributed by atoms with Crippen molar-refractivity contribution in [2.24, 2.45) is 0 Å². The van der Waals surface area contributed by atoms with Crippen LogP contribution in [0.3, 0.4) is 0 Å². The van der Waals surface area contributed by atoms with Gasteiger partial charge in [0.25, 0.3) is 0 Å². The Morgan fingerprint density at radius 1 is 1.00 bits per heavy atom. The van der Waals surface area contributed by atoms with Crippen molar-refractivity contribution >= 4 is 5.97 Å². The number of methoxy groups -OCH3 is 1. The Labute approximate surface area is 147 Å². The molecule has 0 rings (SSSR count). The third kappa shape index (κ3) is 16.8. The molecule has 136 valence electrons. The number of rotatable bonds is 14. The molecule has 0 aliphatic heterocycles. The van der Waals surface area contributed by atoms with E-state index in [-0.39, 0.29) is 5.97 Å². The molecule has 0 saturated heterocycles. The first-order valence-electron chi connectivity index (χ1n) is 9.08. The van der Waals surface area contributed by atoms with E-state index in [1.807, 2.05) is 12.2 Å². The lowest BCUT2D eigenvalue weighted by atomic mass is 10.1. The predicted octanol–water partition coefficient (Wildman–Crippen LogP) is 5.28. The second kappa shape index (κ2) is 17.7. The molecule has 0 aromatic carbocycles. The normalized spacial score (nSPS) is 13.6. The Balaban J connectivity index is 3.62. The third-order valence-corrected chi connectivity index (χ3v) is 3.54. The summed E-state index contributed by atoms with van der Waals surface area (Å²) in [6.45, 7) is 2.22. The summed E-state index contributed by atoms with van der Waals surface area (Å²) in [5, 5.41) is 9.72. The van der Waals surface area contributed by atoms with Gasteiger partial charge in [-0.25, -0.2) is 0 Å². The number of ether oxygens (including phenoxy) is 1. The van der Waals surface area contributed by atoms with E-state index < -0.39 is 6.10 Å². The molecule has 24 heavy (non-hydrogen) atoms. The van der Waals surface area contributed by atoms with Gasteiger partial charge in [0.2, 0.25) is 0 Å². The lowest BCUT2D eigenvalue weighted by molar-refractivity contribution is -0.140. The van der Waals surface area contributed by atoms with Crippen LogP contribution >= 0.6 is 0 Å². The first-order valence-corrected chi connectivity index (χ1v) is 9.08. The number of hydrogen-bond acceptors (Lipinski definition) is 3. The van der Waals surface area contributed by atoms with Crippen LogP contribution in [0.4, 0.5) is 0 Å². The molecule has 0 radical (unpaired) electrons. The first-order chi connectivity index (χ1) is 11.7. The van der Waals surface area contributed by atoms with Crippen LogP contribution in [0.1, 0.15) is 64.7 Å². The van der Waals surface area contributed by atoms with Crippen molar-refractivity contribution in [3.05, 3.63) is 48.6 Å². The van der Waals surface area contributed by atoms with Gasteiger partial charge in [0.15, 0.2) is 0 Å². The maximum absolute atomic E-state index is 10.9. The molecule has 0 amide bonds. The van der Waals surface area contributed by atoms with Gasteiger partial charge in [0.1, 0.15) is 0 Å². The zero-order valence-electron chi connectivity index (χ0n) is 15.3. The van der Waals surface area contributed by atoms with E-state index in [0.717, 1.165) is 12.8 Å². The van der Waals surface area contributed by atoms with Crippen LogP contribution in [0.2, 0.25) is 0 Å². The monoisotopic (exact) mass is 334 g/mol. The highest BCUT2D eigenvalue weighted by Gasteiger charge is 2.02. The topological polar surface area (TPSA) is 46.5 Å². The highest BCUT2D eigenvalue weighted by Crippen LogP contribution is 2.03. The summed E-state index contributed by atoms with van der Waals surface area (Å²) in [4.78, 5) is 10.9. The maximum Gasteiger partial charge on any atom is 0.305 e. The number of unbranched alkanes of at least 4 members (excludes halogenated alkanes) is 3. The molecule has 0 fully saturated rings. The van der Waals surface area contributed by atoms with Crippen molar-refractivity contribution in [1.29, 1.82) is 0 Å². The Kier molecular flexibility index (Phi) is 16.5. The van der Waals surface area contributed by atoms with Crippen molar-refractivity contribution in [2.75, 3.05) is 7.11 Å².